The molecule has 1 aromatic heterocycles. The summed E-state index contributed by atoms with van der Waals surface area (Å²) in [5.74, 6) is -2.74. The van der Waals surface area contributed by atoms with Crippen LogP contribution in [0.1, 0.15) is 54.4 Å². The summed E-state index contributed by atoms with van der Waals surface area (Å²) < 4.78 is 62.7. The summed E-state index contributed by atoms with van der Waals surface area (Å²) in [5, 5.41) is 8.23. The molecule has 246 valence electrons. The predicted molar refractivity (Wildman–Crippen MR) is 170 cm³/mol. The first-order valence-electron chi connectivity index (χ1n) is 15.3. The molecule has 0 radical (unpaired) electrons. The number of nitrogens with one attached hydrogen (secondary N) is 3. The quantitative estimate of drug-likeness (QED) is 0.282. The van der Waals surface area contributed by atoms with Crippen LogP contribution in [-0.4, -0.2) is 73.3 Å². The van der Waals surface area contributed by atoms with E-state index in [1.807, 2.05) is 26.0 Å². The molecular weight excluding hydrogens is 616 g/mol. The van der Waals surface area contributed by atoms with Crippen LogP contribution in [0.3, 0.4) is 0 Å². The van der Waals surface area contributed by atoms with E-state index in [1.165, 1.54) is 24.4 Å². The molecule has 1 saturated carbocycles. The lowest BCUT2D eigenvalue weighted by atomic mass is 9.84. The first-order valence-corrected chi connectivity index (χ1v) is 16.8. The minimum Gasteiger partial charge on any atom is -0.453 e. The van der Waals surface area contributed by atoms with Crippen molar-refractivity contribution < 1.29 is 31.5 Å². The number of anilines is 1. The van der Waals surface area contributed by atoms with Crippen LogP contribution < -0.4 is 16.0 Å². The van der Waals surface area contributed by atoms with Gasteiger partial charge in [0.25, 0.3) is 0 Å². The fraction of sp³-hybridized carbons (Fsp3) is 0.424. The van der Waals surface area contributed by atoms with E-state index in [9.17, 15) is 22.4 Å². The van der Waals surface area contributed by atoms with Gasteiger partial charge in [0.2, 0.25) is 15.9 Å². The molecule has 0 bridgehead atoms. The number of nitrogens with zero attached hydrogens (tertiary/aromatic N) is 2. The molecule has 10 nitrogen and oxygen atoms in total. The van der Waals surface area contributed by atoms with E-state index in [0.29, 0.717) is 43.5 Å². The highest BCUT2D eigenvalue weighted by Crippen LogP contribution is 2.35. The number of hydrogen-bond donors (Lipinski definition) is 3. The van der Waals surface area contributed by atoms with E-state index >= 15 is 4.39 Å². The number of ether oxygens (including phenoxy) is 1. The summed E-state index contributed by atoms with van der Waals surface area (Å²) in [6, 6.07) is 11.0. The highest BCUT2D eigenvalue weighted by atomic mass is 32.2. The van der Waals surface area contributed by atoms with Crippen molar-refractivity contribution in [3.8, 4) is 0 Å². The van der Waals surface area contributed by atoms with Gasteiger partial charge in [0, 0.05) is 36.7 Å². The Balaban J connectivity index is 1.45. The summed E-state index contributed by atoms with van der Waals surface area (Å²) in [7, 11) is -2.32. The molecule has 2 fully saturated rings. The third kappa shape index (κ3) is 7.54. The number of piperazine rings is 1. The van der Waals surface area contributed by atoms with Crippen molar-refractivity contribution in [1.29, 1.82) is 0 Å². The van der Waals surface area contributed by atoms with Gasteiger partial charge in [-0.25, -0.2) is 22.0 Å². The Kier molecular flexibility index (Phi) is 10.3. The molecule has 3 aromatic rings. The molecule has 2 amide bonds. The Bertz CT molecular complexity index is 1670. The van der Waals surface area contributed by atoms with Crippen LogP contribution in [0.25, 0.3) is 0 Å². The smallest absolute Gasteiger partial charge is 0.407 e. The summed E-state index contributed by atoms with van der Waals surface area (Å²) in [6.07, 6.45) is 3.16. The number of methoxy groups -OCH3 is 1. The van der Waals surface area contributed by atoms with Crippen molar-refractivity contribution in [2.75, 3.05) is 25.5 Å². The van der Waals surface area contributed by atoms with Gasteiger partial charge in [-0.15, -0.1) is 0 Å². The zero-order valence-electron chi connectivity index (χ0n) is 26.0. The van der Waals surface area contributed by atoms with E-state index in [0.717, 1.165) is 18.9 Å². The van der Waals surface area contributed by atoms with E-state index in [-0.39, 0.29) is 29.0 Å². The maximum Gasteiger partial charge on any atom is 0.407 e. The number of hydrogen-bond acceptors (Lipinski definition) is 7. The number of carbonyl (C=O) groups excluding carboxylic acids is 2. The van der Waals surface area contributed by atoms with Gasteiger partial charge in [-0.3, -0.25) is 9.78 Å². The second-order valence-electron chi connectivity index (χ2n) is 12.0. The average molecular weight is 656 g/mol. The zero-order valence-corrected chi connectivity index (χ0v) is 26.8. The molecule has 0 unspecified atom stereocenters. The molecule has 1 aliphatic heterocycles. The number of carbonyl (C=O) groups is 2. The molecule has 46 heavy (non-hydrogen) atoms. The standard InChI is InChI=1S/C33H39F2N5O5S/c1-20-7-9-22(10-8-20)30(23-5-4-6-24(34)15-23)31(39-33(42)45-3)32(41)38-29-19-37-18-28(35)27(29)14-11-25-17-36-16-21(2)40(25)46(43,44)26-12-13-26/h4-10,15,18-19,21,25-26,30-31,36H,11-14,16-17H2,1-3H3,(H,38,41)(H,39,42)/t21-,25-,30-,31-/m0/s1. The Labute approximate surface area is 268 Å². The van der Waals surface area contributed by atoms with Gasteiger partial charge in [-0.1, -0.05) is 42.0 Å². The molecular formula is C33H39F2N5O5S. The number of benzene rings is 2. The van der Waals surface area contributed by atoms with Gasteiger partial charge >= 0.3 is 6.09 Å². The van der Waals surface area contributed by atoms with Gasteiger partial charge in [-0.05, 0) is 62.8 Å². The monoisotopic (exact) mass is 655 g/mol. The van der Waals surface area contributed by atoms with Gasteiger partial charge in [0.05, 0.1) is 30.4 Å². The highest BCUT2D eigenvalue weighted by Gasteiger charge is 2.45. The largest absolute Gasteiger partial charge is 0.453 e. The first-order chi connectivity index (χ1) is 22.0. The minimum absolute atomic E-state index is 0.0805. The third-order valence-corrected chi connectivity index (χ3v) is 11.1. The number of halogens is 2. The topological polar surface area (TPSA) is 130 Å². The van der Waals surface area contributed by atoms with Gasteiger partial charge in [0.1, 0.15) is 17.7 Å². The highest BCUT2D eigenvalue weighted by molar-refractivity contribution is 7.90. The maximum atomic E-state index is 15.3. The van der Waals surface area contributed by atoms with Crippen LogP contribution in [0, 0.1) is 18.6 Å². The summed E-state index contributed by atoms with van der Waals surface area (Å²) >= 11 is 0. The number of pyridine rings is 1. The number of sulfonamides is 1. The van der Waals surface area contributed by atoms with Crippen molar-refractivity contribution >= 4 is 27.7 Å². The second-order valence-corrected chi connectivity index (χ2v) is 14.1. The molecule has 1 saturated heterocycles. The van der Waals surface area contributed by atoms with Gasteiger partial charge in [-0.2, -0.15) is 4.31 Å². The Hall–Kier alpha value is -3.94. The number of aromatic nitrogens is 1. The molecule has 4 atom stereocenters. The number of rotatable bonds is 11. The first kappa shape index (κ1) is 33.4. The third-order valence-electron chi connectivity index (χ3n) is 8.56. The molecule has 13 heteroatoms. The van der Waals surface area contributed by atoms with E-state index in [1.54, 1.807) is 22.5 Å². The van der Waals surface area contributed by atoms with Crippen molar-refractivity contribution in [1.82, 2.24) is 19.9 Å². The van der Waals surface area contributed by atoms with E-state index < -0.39 is 51.7 Å². The number of aryl methyl sites for hydroxylation is 1. The molecule has 2 heterocycles. The maximum absolute atomic E-state index is 15.3. The average Bonchev–Trinajstić information content (AvgIpc) is 3.88. The van der Waals surface area contributed by atoms with Crippen LogP contribution >= 0.6 is 0 Å². The lowest BCUT2D eigenvalue weighted by Gasteiger charge is -2.40. The molecule has 1 aliphatic carbocycles. The summed E-state index contributed by atoms with van der Waals surface area (Å²) in [5.41, 5.74) is 2.25. The second kappa shape index (κ2) is 14.2. The van der Waals surface area contributed by atoms with Crippen LogP contribution in [0.2, 0.25) is 0 Å². The molecule has 2 aromatic carbocycles. The number of alkyl carbamates (subject to hydrolysis) is 1. The van der Waals surface area contributed by atoms with Gasteiger partial charge in [0.15, 0.2) is 0 Å². The van der Waals surface area contributed by atoms with Crippen LogP contribution in [0.15, 0.2) is 60.9 Å². The predicted octanol–water partition coefficient (Wildman–Crippen LogP) is 4.25. The van der Waals surface area contributed by atoms with Crippen molar-refractivity contribution in [2.24, 2.45) is 0 Å². The molecule has 3 N–H and O–H groups in total. The Morgan fingerprint density at radius 2 is 1.83 bits per heavy atom. The van der Waals surface area contributed by atoms with Crippen LogP contribution in [0.4, 0.5) is 19.3 Å². The van der Waals surface area contributed by atoms with Crippen molar-refractivity contribution in [3.63, 3.8) is 0 Å². The van der Waals surface area contributed by atoms with Crippen LogP contribution in [0.5, 0.6) is 0 Å². The van der Waals surface area contributed by atoms with E-state index in [4.69, 9.17) is 4.74 Å². The van der Waals surface area contributed by atoms with Crippen LogP contribution in [-0.2, 0) is 26.0 Å². The summed E-state index contributed by atoms with van der Waals surface area (Å²) in [6.45, 7) is 4.70. The van der Waals surface area contributed by atoms with Crippen molar-refractivity contribution in [3.05, 3.63) is 94.8 Å². The molecule has 0 spiro atoms. The lowest BCUT2D eigenvalue weighted by Crippen LogP contribution is -2.59. The SMILES string of the molecule is COC(=O)N[C@H](C(=O)Nc1cncc(F)c1CC[C@H]1CNC[C@H](C)N1S(=O)(=O)C1CC1)[C@@H](c1ccc(C)cc1)c1cccc(F)c1. The molecule has 2 aliphatic rings. The Morgan fingerprint density at radius 1 is 1.09 bits per heavy atom. The fourth-order valence-corrected chi connectivity index (χ4v) is 8.35. The Morgan fingerprint density at radius 3 is 2.50 bits per heavy atom. The number of amides is 2. The molecule has 5 rings (SSSR count). The van der Waals surface area contributed by atoms with E-state index in [2.05, 4.69) is 20.9 Å². The van der Waals surface area contributed by atoms with Crippen molar-refractivity contribution in [2.45, 2.75) is 68.8 Å². The van der Waals surface area contributed by atoms with Gasteiger partial charge < -0.3 is 20.7 Å². The lowest BCUT2D eigenvalue weighted by molar-refractivity contribution is -0.118. The summed E-state index contributed by atoms with van der Waals surface area (Å²) in [4.78, 5) is 30.5. The zero-order chi connectivity index (χ0) is 33.0. The fourth-order valence-electron chi connectivity index (χ4n) is 6.11. The normalized spacial score (nSPS) is 20.0. The minimum atomic E-state index is -3.49.